The van der Waals surface area contributed by atoms with Gasteiger partial charge in [-0.3, -0.25) is 4.79 Å². The Bertz CT molecular complexity index is 1110. The van der Waals surface area contributed by atoms with Gasteiger partial charge in [0.1, 0.15) is 17.6 Å². The number of aliphatic imine (C=N–C) groups is 1. The number of carbonyl (C=O) groups excluding carboxylic acids is 1. The Morgan fingerprint density at radius 3 is 2.77 bits per heavy atom. The van der Waals surface area contributed by atoms with E-state index in [1.54, 1.807) is 26.0 Å². The molecule has 1 aromatic carbocycles. The summed E-state index contributed by atoms with van der Waals surface area (Å²) in [4.78, 5) is 21.1. The normalized spacial score (nSPS) is 21.7. The van der Waals surface area contributed by atoms with Crippen molar-refractivity contribution >= 4 is 17.6 Å². The van der Waals surface area contributed by atoms with Crippen LogP contribution in [0.1, 0.15) is 40.5 Å². The minimum Gasteiger partial charge on any atom is -0.454 e. The number of nitriles is 1. The van der Waals surface area contributed by atoms with E-state index in [2.05, 4.69) is 15.3 Å². The monoisotopic (exact) mass is 409 g/mol. The highest BCUT2D eigenvalue weighted by Gasteiger charge is 2.51. The summed E-state index contributed by atoms with van der Waals surface area (Å²) in [5, 5.41) is 11.7. The number of ether oxygens (including phenoxy) is 2. The first kappa shape index (κ1) is 19.8. The zero-order valence-electron chi connectivity index (χ0n) is 16.5. The van der Waals surface area contributed by atoms with Crippen molar-refractivity contribution < 1.29 is 18.7 Å². The molecule has 0 unspecified atom stereocenters. The molecule has 1 atom stereocenters. The van der Waals surface area contributed by atoms with Crippen molar-refractivity contribution in [2.75, 3.05) is 18.5 Å². The number of rotatable bonds is 3. The topological polar surface area (TPSA) is 123 Å². The van der Waals surface area contributed by atoms with Gasteiger partial charge in [-0.15, -0.1) is 0 Å². The number of anilines is 1. The smallest absolute Gasteiger partial charge is 0.283 e. The largest absolute Gasteiger partial charge is 0.454 e. The van der Waals surface area contributed by atoms with Crippen LogP contribution in [0.2, 0.25) is 0 Å². The molecule has 1 saturated heterocycles. The van der Waals surface area contributed by atoms with Gasteiger partial charge in [-0.25, -0.2) is 14.4 Å². The van der Waals surface area contributed by atoms with E-state index < -0.39 is 22.9 Å². The molecule has 0 aliphatic carbocycles. The molecule has 3 heterocycles. The lowest BCUT2D eigenvalue weighted by atomic mass is 9.78. The summed E-state index contributed by atoms with van der Waals surface area (Å²) < 4.78 is 25.7. The SMILES string of the molecule is Cc1cc(C#N)cnc1C(=O)Nc1ccc(F)c([C@]2(C)CC3(COC3)OC(N)=N2)c1. The molecule has 2 aliphatic heterocycles. The van der Waals surface area contributed by atoms with Crippen LogP contribution in [0.15, 0.2) is 35.5 Å². The molecule has 8 nitrogen and oxygen atoms in total. The van der Waals surface area contributed by atoms with Gasteiger partial charge in [-0.1, -0.05) is 0 Å². The molecule has 0 saturated carbocycles. The number of halogens is 1. The predicted octanol–water partition coefficient (Wildman–Crippen LogP) is 2.37. The van der Waals surface area contributed by atoms with Gasteiger partial charge in [0.2, 0.25) is 0 Å². The van der Waals surface area contributed by atoms with E-state index in [0.29, 0.717) is 42.0 Å². The van der Waals surface area contributed by atoms with Crippen LogP contribution < -0.4 is 11.1 Å². The fraction of sp³-hybridized carbons (Fsp3) is 0.333. The van der Waals surface area contributed by atoms with Crippen molar-refractivity contribution in [1.29, 1.82) is 5.26 Å². The van der Waals surface area contributed by atoms with Crippen LogP contribution in [0.25, 0.3) is 0 Å². The van der Waals surface area contributed by atoms with E-state index in [1.807, 2.05) is 6.07 Å². The Kier molecular flexibility index (Phi) is 4.67. The maximum Gasteiger partial charge on any atom is 0.283 e. The number of nitrogens with one attached hydrogen (secondary N) is 1. The van der Waals surface area contributed by atoms with Crippen LogP contribution >= 0.6 is 0 Å². The minimum atomic E-state index is -0.973. The molecule has 9 heteroatoms. The Morgan fingerprint density at radius 2 is 2.13 bits per heavy atom. The van der Waals surface area contributed by atoms with Crippen LogP contribution in [-0.2, 0) is 15.0 Å². The van der Waals surface area contributed by atoms with Crippen molar-refractivity contribution in [2.24, 2.45) is 10.7 Å². The number of amidine groups is 1. The van der Waals surface area contributed by atoms with Crippen LogP contribution in [0.3, 0.4) is 0 Å². The van der Waals surface area contributed by atoms with Crippen LogP contribution in [0.4, 0.5) is 10.1 Å². The lowest BCUT2D eigenvalue weighted by Crippen LogP contribution is -2.59. The summed E-state index contributed by atoms with van der Waals surface area (Å²) in [6.45, 7) is 4.19. The Balaban J connectivity index is 1.63. The van der Waals surface area contributed by atoms with Gasteiger partial charge in [0, 0.05) is 23.9 Å². The number of hydrogen-bond acceptors (Lipinski definition) is 7. The molecule has 1 aromatic heterocycles. The first-order valence-electron chi connectivity index (χ1n) is 9.34. The summed E-state index contributed by atoms with van der Waals surface area (Å²) in [5.74, 6) is -0.921. The third-order valence-electron chi connectivity index (χ3n) is 5.30. The third kappa shape index (κ3) is 3.46. The van der Waals surface area contributed by atoms with Crippen molar-refractivity contribution in [3.63, 3.8) is 0 Å². The van der Waals surface area contributed by atoms with Gasteiger partial charge in [0.05, 0.1) is 24.3 Å². The zero-order valence-corrected chi connectivity index (χ0v) is 16.5. The van der Waals surface area contributed by atoms with E-state index in [-0.39, 0.29) is 11.7 Å². The summed E-state index contributed by atoms with van der Waals surface area (Å²) in [6.07, 6.45) is 1.73. The number of hydrogen-bond donors (Lipinski definition) is 2. The molecule has 1 spiro atoms. The number of carbonyl (C=O) groups is 1. The number of pyridine rings is 1. The molecule has 1 fully saturated rings. The van der Waals surface area contributed by atoms with Gasteiger partial charge in [0.15, 0.2) is 5.60 Å². The van der Waals surface area contributed by atoms with Gasteiger partial charge in [0.25, 0.3) is 11.9 Å². The molecule has 3 N–H and O–H groups in total. The van der Waals surface area contributed by atoms with Crippen LogP contribution in [0.5, 0.6) is 0 Å². The second-order valence-corrected chi connectivity index (χ2v) is 7.83. The molecular weight excluding hydrogens is 389 g/mol. The highest BCUT2D eigenvalue weighted by Crippen LogP contribution is 2.43. The number of amides is 1. The maximum atomic E-state index is 14.8. The van der Waals surface area contributed by atoms with E-state index in [4.69, 9.17) is 20.5 Å². The summed E-state index contributed by atoms with van der Waals surface area (Å²) in [6, 6.07) is 7.83. The van der Waals surface area contributed by atoms with Gasteiger partial charge < -0.3 is 20.5 Å². The maximum absolute atomic E-state index is 14.8. The predicted molar refractivity (Wildman–Crippen MR) is 106 cm³/mol. The number of nitrogens with zero attached hydrogens (tertiary/aromatic N) is 3. The highest BCUT2D eigenvalue weighted by atomic mass is 19.1. The number of nitrogens with two attached hydrogens (primary N) is 1. The Hall–Kier alpha value is -3.51. The molecule has 0 bridgehead atoms. The fourth-order valence-electron chi connectivity index (χ4n) is 3.92. The van der Waals surface area contributed by atoms with E-state index >= 15 is 0 Å². The first-order valence-corrected chi connectivity index (χ1v) is 9.34. The molecule has 1 amide bonds. The zero-order chi connectivity index (χ0) is 21.5. The van der Waals surface area contributed by atoms with E-state index in [9.17, 15) is 9.18 Å². The van der Waals surface area contributed by atoms with Crippen molar-refractivity contribution in [1.82, 2.24) is 4.98 Å². The lowest BCUT2D eigenvalue weighted by Gasteiger charge is -2.48. The van der Waals surface area contributed by atoms with E-state index in [0.717, 1.165) is 0 Å². The standard InChI is InChI=1S/C21H20FN5O3/c1-12-5-13(7-23)8-25-17(12)18(28)26-14-3-4-16(22)15(6-14)20(2)9-21(10-29-11-21)30-19(24)27-20/h3-6,8H,9-11H2,1-2H3,(H2,24,27)(H,26,28)/t20-/m0/s1. The van der Waals surface area contributed by atoms with Gasteiger partial charge >= 0.3 is 0 Å². The summed E-state index contributed by atoms with van der Waals surface area (Å²) in [5.41, 5.74) is 6.08. The molecule has 2 aliphatic rings. The molecule has 4 rings (SSSR count). The van der Waals surface area contributed by atoms with Gasteiger partial charge in [-0.2, -0.15) is 5.26 Å². The molecule has 154 valence electrons. The molecule has 30 heavy (non-hydrogen) atoms. The third-order valence-corrected chi connectivity index (χ3v) is 5.30. The highest BCUT2D eigenvalue weighted by molar-refractivity contribution is 6.03. The molecular formula is C21H20FN5O3. The van der Waals surface area contributed by atoms with Crippen LogP contribution in [-0.4, -0.2) is 35.7 Å². The van der Waals surface area contributed by atoms with Crippen molar-refractivity contribution in [2.45, 2.75) is 31.4 Å². The molecule has 0 radical (unpaired) electrons. The Labute approximate surface area is 172 Å². The quantitative estimate of drug-likeness (QED) is 0.802. The Morgan fingerprint density at radius 1 is 1.37 bits per heavy atom. The average molecular weight is 409 g/mol. The van der Waals surface area contributed by atoms with Crippen LogP contribution in [0, 0.1) is 24.1 Å². The minimum absolute atomic E-state index is 0.0155. The van der Waals surface area contributed by atoms with Crippen molar-refractivity contribution in [3.8, 4) is 6.07 Å². The van der Waals surface area contributed by atoms with E-state index in [1.165, 1.54) is 18.3 Å². The average Bonchev–Trinajstić information content (AvgIpc) is 2.67. The number of aryl methyl sites for hydroxylation is 1. The lowest BCUT2D eigenvalue weighted by molar-refractivity contribution is -0.187. The first-order chi connectivity index (χ1) is 14.2. The van der Waals surface area contributed by atoms with Gasteiger partial charge in [-0.05, 0) is 43.7 Å². The number of aromatic nitrogens is 1. The second kappa shape index (κ2) is 7.07. The van der Waals surface area contributed by atoms with Crippen molar-refractivity contribution in [3.05, 3.63) is 58.7 Å². The number of benzene rings is 1. The fourth-order valence-corrected chi connectivity index (χ4v) is 3.92. The molecule has 2 aromatic rings. The summed E-state index contributed by atoms with van der Waals surface area (Å²) >= 11 is 0. The second-order valence-electron chi connectivity index (χ2n) is 7.83. The summed E-state index contributed by atoms with van der Waals surface area (Å²) in [7, 11) is 0.